The number of rotatable bonds is 8. The van der Waals surface area contributed by atoms with Crippen molar-refractivity contribution in [3.05, 3.63) is 18.2 Å². The lowest BCUT2D eigenvalue weighted by Crippen LogP contribution is -2.41. The first-order valence-electron chi connectivity index (χ1n) is 6.73. The van der Waals surface area contributed by atoms with Gasteiger partial charge in [0.25, 0.3) is 0 Å². The fraction of sp³-hybridized carbons (Fsp3) is 0.615. The van der Waals surface area contributed by atoms with Crippen molar-refractivity contribution >= 4 is 12.0 Å². The van der Waals surface area contributed by atoms with Crippen LogP contribution in [0.1, 0.15) is 26.1 Å². The van der Waals surface area contributed by atoms with Gasteiger partial charge < -0.3 is 20.7 Å². The molecule has 0 saturated heterocycles. The van der Waals surface area contributed by atoms with Gasteiger partial charge in [-0.1, -0.05) is 13.8 Å². The summed E-state index contributed by atoms with van der Waals surface area (Å²) in [6, 6.07) is -0.337. The molecule has 0 spiro atoms. The summed E-state index contributed by atoms with van der Waals surface area (Å²) in [4.78, 5) is 29.5. The number of nitrogens with zero attached hydrogens (tertiary/aromatic N) is 1. The zero-order valence-corrected chi connectivity index (χ0v) is 11.8. The van der Waals surface area contributed by atoms with Gasteiger partial charge >= 0.3 is 12.0 Å². The van der Waals surface area contributed by atoms with Crippen LogP contribution in [0.4, 0.5) is 4.79 Å². The summed E-state index contributed by atoms with van der Waals surface area (Å²) < 4.78 is 0. The SMILES string of the molecule is CC(C)C(CNC(=O)NCCCc1ncc[nH]1)C(=O)O. The van der Waals surface area contributed by atoms with Crippen molar-refractivity contribution in [3.8, 4) is 0 Å². The van der Waals surface area contributed by atoms with Crippen LogP contribution in [0, 0.1) is 11.8 Å². The molecule has 1 aromatic rings. The van der Waals surface area contributed by atoms with Crippen LogP contribution in [0.2, 0.25) is 0 Å². The van der Waals surface area contributed by atoms with Crippen molar-refractivity contribution < 1.29 is 14.7 Å². The molecule has 1 atom stereocenters. The summed E-state index contributed by atoms with van der Waals surface area (Å²) in [6.45, 7) is 4.30. The van der Waals surface area contributed by atoms with E-state index in [1.807, 2.05) is 13.8 Å². The molecule has 4 N–H and O–H groups in total. The predicted octanol–water partition coefficient (Wildman–Crippen LogP) is 0.998. The van der Waals surface area contributed by atoms with E-state index in [4.69, 9.17) is 5.11 Å². The molecule has 2 amide bonds. The summed E-state index contributed by atoms with van der Waals surface area (Å²) in [7, 11) is 0. The topological polar surface area (TPSA) is 107 Å². The Balaban J connectivity index is 2.15. The Labute approximate surface area is 118 Å². The highest BCUT2D eigenvalue weighted by molar-refractivity contribution is 5.75. The van der Waals surface area contributed by atoms with Crippen LogP contribution in [0.25, 0.3) is 0 Å². The molecule has 0 radical (unpaired) electrons. The largest absolute Gasteiger partial charge is 0.481 e. The van der Waals surface area contributed by atoms with Gasteiger partial charge in [-0.2, -0.15) is 0 Å². The molecule has 0 aromatic carbocycles. The number of carboxylic acids is 1. The first kappa shape index (κ1) is 16.0. The van der Waals surface area contributed by atoms with Gasteiger partial charge in [-0.25, -0.2) is 9.78 Å². The predicted molar refractivity (Wildman–Crippen MR) is 74.3 cm³/mol. The molecule has 7 heteroatoms. The first-order chi connectivity index (χ1) is 9.50. The summed E-state index contributed by atoms with van der Waals surface area (Å²) in [5.41, 5.74) is 0. The Hall–Kier alpha value is -2.05. The second kappa shape index (κ2) is 8.19. The number of aromatic nitrogens is 2. The van der Waals surface area contributed by atoms with E-state index in [-0.39, 0.29) is 18.5 Å². The molecule has 112 valence electrons. The molecule has 7 nitrogen and oxygen atoms in total. The number of aromatic amines is 1. The van der Waals surface area contributed by atoms with E-state index >= 15 is 0 Å². The summed E-state index contributed by atoms with van der Waals surface area (Å²) in [5.74, 6) is -0.591. The van der Waals surface area contributed by atoms with E-state index < -0.39 is 11.9 Å². The van der Waals surface area contributed by atoms with Crippen LogP contribution in [0.3, 0.4) is 0 Å². The number of aryl methyl sites for hydroxylation is 1. The van der Waals surface area contributed by atoms with E-state index in [1.165, 1.54) is 0 Å². The fourth-order valence-corrected chi connectivity index (χ4v) is 1.77. The molecule has 1 rings (SSSR count). The van der Waals surface area contributed by atoms with Gasteiger partial charge in [-0.15, -0.1) is 0 Å². The second-order valence-electron chi connectivity index (χ2n) is 4.96. The minimum absolute atomic E-state index is 0.0215. The molecule has 1 heterocycles. The highest BCUT2D eigenvalue weighted by atomic mass is 16.4. The number of urea groups is 1. The number of amides is 2. The Bertz CT molecular complexity index is 417. The van der Waals surface area contributed by atoms with Gasteiger partial charge in [0.05, 0.1) is 5.92 Å². The van der Waals surface area contributed by atoms with Crippen LogP contribution in [-0.2, 0) is 11.2 Å². The minimum Gasteiger partial charge on any atom is -0.481 e. The fourth-order valence-electron chi connectivity index (χ4n) is 1.77. The Morgan fingerprint density at radius 1 is 1.40 bits per heavy atom. The van der Waals surface area contributed by atoms with Gasteiger partial charge in [0.15, 0.2) is 0 Å². The van der Waals surface area contributed by atoms with Gasteiger partial charge in [0.1, 0.15) is 5.82 Å². The second-order valence-corrected chi connectivity index (χ2v) is 4.96. The maximum atomic E-state index is 11.5. The van der Waals surface area contributed by atoms with E-state index in [0.717, 1.165) is 18.7 Å². The molecule has 1 aromatic heterocycles. The van der Waals surface area contributed by atoms with Crippen molar-refractivity contribution in [3.63, 3.8) is 0 Å². The zero-order chi connectivity index (χ0) is 15.0. The van der Waals surface area contributed by atoms with Crippen molar-refractivity contribution in [2.45, 2.75) is 26.7 Å². The Morgan fingerprint density at radius 2 is 2.15 bits per heavy atom. The molecule has 20 heavy (non-hydrogen) atoms. The van der Waals surface area contributed by atoms with E-state index in [2.05, 4.69) is 20.6 Å². The van der Waals surface area contributed by atoms with Crippen LogP contribution in [0.5, 0.6) is 0 Å². The van der Waals surface area contributed by atoms with Crippen LogP contribution in [-0.4, -0.2) is 40.2 Å². The average molecular weight is 282 g/mol. The quantitative estimate of drug-likeness (QED) is 0.533. The molecule has 1 unspecified atom stereocenters. The maximum Gasteiger partial charge on any atom is 0.314 e. The standard InChI is InChI=1S/C13H22N4O3/c1-9(2)10(12(18)19)8-17-13(20)16-5-3-4-11-14-6-7-15-11/h6-7,9-10H,3-5,8H2,1-2H3,(H,14,15)(H,18,19)(H2,16,17,20). The van der Waals surface area contributed by atoms with Gasteiger partial charge in [0, 0.05) is 31.9 Å². The molecule has 0 bridgehead atoms. The van der Waals surface area contributed by atoms with E-state index in [1.54, 1.807) is 12.4 Å². The van der Waals surface area contributed by atoms with Crippen LogP contribution < -0.4 is 10.6 Å². The lowest BCUT2D eigenvalue weighted by Gasteiger charge is -2.16. The highest BCUT2D eigenvalue weighted by Gasteiger charge is 2.21. The van der Waals surface area contributed by atoms with E-state index in [0.29, 0.717) is 6.54 Å². The molecular formula is C13H22N4O3. The van der Waals surface area contributed by atoms with Gasteiger partial charge in [-0.05, 0) is 12.3 Å². The smallest absolute Gasteiger partial charge is 0.314 e. The summed E-state index contributed by atoms with van der Waals surface area (Å²) in [5, 5.41) is 14.3. The third-order valence-electron chi connectivity index (χ3n) is 3.04. The summed E-state index contributed by atoms with van der Waals surface area (Å²) in [6.07, 6.45) is 4.98. The number of hydrogen-bond acceptors (Lipinski definition) is 3. The lowest BCUT2D eigenvalue weighted by molar-refractivity contribution is -0.142. The van der Waals surface area contributed by atoms with Crippen LogP contribution >= 0.6 is 0 Å². The molecule has 0 saturated carbocycles. The molecule has 0 fully saturated rings. The minimum atomic E-state index is -0.891. The van der Waals surface area contributed by atoms with E-state index in [9.17, 15) is 9.59 Å². The summed E-state index contributed by atoms with van der Waals surface area (Å²) >= 11 is 0. The number of hydrogen-bond donors (Lipinski definition) is 4. The number of H-pyrrole nitrogens is 1. The Morgan fingerprint density at radius 3 is 2.70 bits per heavy atom. The normalized spacial score (nSPS) is 12.2. The van der Waals surface area contributed by atoms with Crippen LogP contribution in [0.15, 0.2) is 12.4 Å². The third kappa shape index (κ3) is 5.73. The zero-order valence-electron chi connectivity index (χ0n) is 11.8. The maximum absolute atomic E-state index is 11.5. The Kier molecular flexibility index (Phi) is 6.55. The number of nitrogens with one attached hydrogen (secondary N) is 3. The molecule has 0 aliphatic rings. The van der Waals surface area contributed by atoms with Gasteiger partial charge in [0.2, 0.25) is 0 Å². The molecule has 0 aliphatic heterocycles. The number of carboxylic acid groups (broad SMARTS) is 1. The number of carbonyl (C=O) groups is 2. The number of imidazole rings is 1. The number of carbonyl (C=O) groups excluding carboxylic acids is 1. The van der Waals surface area contributed by atoms with Crippen molar-refractivity contribution in [2.24, 2.45) is 11.8 Å². The first-order valence-corrected chi connectivity index (χ1v) is 6.73. The molecular weight excluding hydrogens is 260 g/mol. The highest BCUT2D eigenvalue weighted by Crippen LogP contribution is 2.09. The van der Waals surface area contributed by atoms with Crippen molar-refractivity contribution in [1.29, 1.82) is 0 Å². The van der Waals surface area contributed by atoms with Crippen molar-refractivity contribution in [1.82, 2.24) is 20.6 Å². The average Bonchev–Trinajstić information content (AvgIpc) is 2.87. The van der Waals surface area contributed by atoms with Crippen molar-refractivity contribution in [2.75, 3.05) is 13.1 Å². The number of aliphatic carboxylic acids is 1. The lowest BCUT2D eigenvalue weighted by atomic mass is 9.96. The van der Waals surface area contributed by atoms with Gasteiger partial charge in [-0.3, -0.25) is 4.79 Å². The molecule has 0 aliphatic carbocycles. The monoisotopic (exact) mass is 282 g/mol. The third-order valence-corrected chi connectivity index (χ3v) is 3.04.